The SMILES string of the molecule is O=S(=O)(CCN1C[C@H]2C[C@@H]1CO2)N(Cc1ncc(-c2nnc(C(F)F)o2)s1)c1cncc(F)c1. The third-order valence-electron chi connectivity index (χ3n) is 5.64. The van der Waals surface area contributed by atoms with E-state index in [9.17, 15) is 21.6 Å². The van der Waals surface area contributed by atoms with E-state index < -0.39 is 28.2 Å². The highest BCUT2D eigenvalue weighted by atomic mass is 32.2. The maximum atomic E-state index is 13.9. The highest BCUT2D eigenvalue weighted by molar-refractivity contribution is 7.92. The molecule has 0 radical (unpaired) electrons. The summed E-state index contributed by atoms with van der Waals surface area (Å²) in [5, 5.41) is 7.18. The molecule has 5 rings (SSSR count). The Morgan fingerprint density at radius 2 is 2.12 bits per heavy atom. The minimum atomic E-state index is -3.90. The highest BCUT2D eigenvalue weighted by Crippen LogP contribution is 2.31. The number of morpholine rings is 1. The van der Waals surface area contributed by atoms with Crippen molar-refractivity contribution in [3.8, 4) is 10.8 Å². The molecule has 10 nitrogen and oxygen atoms in total. The van der Waals surface area contributed by atoms with Gasteiger partial charge in [-0.3, -0.25) is 14.2 Å². The minimum Gasteiger partial charge on any atom is -0.414 e. The number of nitrogens with zero attached hydrogens (tertiary/aromatic N) is 6. The summed E-state index contributed by atoms with van der Waals surface area (Å²) >= 11 is 1.01. The van der Waals surface area contributed by atoms with Crippen molar-refractivity contribution in [2.75, 3.05) is 29.8 Å². The van der Waals surface area contributed by atoms with Crippen molar-refractivity contribution >= 4 is 27.0 Å². The lowest BCUT2D eigenvalue weighted by Gasteiger charge is -2.28. The van der Waals surface area contributed by atoms with Gasteiger partial charge < -0.3 is 9.15 Å². The summed E-state index contributed by atoms with van der Waals surface area (Å²) in [6.07, 6.45) is 1.69. The summed E-state index contributed by atoms with van der Waals surface area (Å²) in [4.78, 5) is 10.3. The average molecular weight is 517 g/mol. The van der Waals surface area contributed by atoms with Crippen LogP contribution >= 0.6 is 11.3 Å². The zero-order valence-electron chi connectivity index (χ0n) is 17.6. The standard InChI is InChI=1S/C19H19F3N6O4S2/c20-11-3-12(6-23-5-11)28(34(29,30)2-1-27-8-14-4-13(27)10-31-14)9-16-24-7-15(33-16)18-25-26-19(32-18)17(21)22/h3,5-7,13-14,17H,1-2,4,8-10H2/t13-,14-/m1/s1. The van der Waals surface area contributed by atoms with E-state index in [1.807, 2.05) is 0 Å². The van der Waals surface area contributed by atoms with Gasteiger partial charge in [0.1, 0.15) is 15.7 Å². The van der Waals surface area contributed by atoms with Gasteiger partial charge in [-0.25, -0.2) is 17.8 Å². The van der Waals surface area contributed by atoms with Crippen LogP contribution in [0, 0.1) is 5.82 Å². The van der Waals surface area contributed by atoms with E-state index in [4.69, 9.17) is 9.15 Å². The predicted molar refractivity (Wildman–Crippen MR) is 114 cm³/mol. The number of aromatic nitrogens is 4. The quantitative estimate of drug-likeness (QED) is 0.423. The van der Waals surface area contributed by atoms with E-state index in [0.29, 0.717) is 29.6 Å². The van der Waals surface area contributed by atoms with Crippen LogP contribution in [0.1, 0.15) is 23.7 Å². The van der Waals surface area contributed by atoms with Gasteiger partial charge in [-0.05, 0) is 6.42 Å². The monoisotopic (exact) mass is 516 g/mol. The van der Waals surface area contributed by atoms with Crippen LogP contribution in [0.2, 0.25) is 0 Å². The number of pyridine rings is 1. The van der Waals surface area contributed by atoms with Crippen molar-refractivity contribution in [2.24, 2.45) is 0 Å². The molecule has 0 aliphatic carbocycles. The summed E-state index contributed by atoms with van der Waals surface area (Å²) < 4.78 is 77.5. The van der Waals surface area contributed by atoms with E-state index in [1.54, 1.807) is 0 Å². The molecule has 0 amide bonds. The molecular weight excluding hydrogens is 497 g/mol. The molecule has 3 aromatic rings. The maximum absolute atomic E-state index is 13.9. The second-order valence-electron chi connectivity index (χ2n) is 7.89. The van der Waals surface area contributed by atoms with Crippen LogP contribution in [0.15, 0.2) is 29.1 Å². The Morgan fingerprint density at radius 1 is 1.26 bits per heavy atom. The number of rotatable bonds is 9. The molecule has 2 aliphatic rings. The lowest BCUT2D eigenvalue weighted by Crippen LogP contribution is -2.42. The number of ether oxygens (including phenoxy) is 1. The molecule has 2 aliphatic heterocycles. The molecule has 0 aromatic carbocycles. The molecule has 0 spiro atoms. The summed E-state index contributed by atoms with van der Waals surface area (Å²) in [7, 11) is -3.90. The molecule has 2 fully saturated rings. The summed E-state index contributed by atoms with van der Waals surface area (Å²) in [5.41, 5.74) is 0.0563. The molecule has 2 atom stereocenters. The van der Waals surface area contributed by atoms with Gasteiger partial charge in [0.15, 0.2) is 0 Å². The Hall–Kier alpha value is -2.62. The summed E-state index contributed by atoms with van der Waals surface area (Å²) in [5.74, 6) is -1.84. The first-order valence-electron chi connectivity index (χ1n) is 10.3. The molecule has 0 unspecified atom stereocenters. The number of hydrogen-bond donors (Lipinski definition) is 0. The first-order valence-corrected chi connectivity index (χ1v) is 12.7. The van der Waals surface area contributed by atoms with Crippen molar-refractivity contribution in [3.05, 3.63) is 41.4 Å². The van der Waals surface area contributed by atoms with Gasteiger partial charge in [0.2, 0.25) is 10.0 Å². The fourth-order valence-electron chi connectivity index (χ4n) is 4.01. The Bertz CT molecular complexity index is 1270. The Morgan fingerprint density at radius 3 is 2.79 bits per heavy atom. The molecule has 3 aromatic heterocycles. The Balaban J connectivity index is 1.36. The molecule has 0 N–H and O–H groups in total. The highest BCUT2D eigenvalue weighted by Gasteiger charge is 2.39. The van der Waals surface area contributed by atoms with Crippen molar-refractivity contribution < 1.29 is 30.7 Å². The maximum Gasteiger partial charge on any atom is 0.314 e. The topological polar surface area (TPSA) is 115 Å². The normalized spacial score (nSPS) is 20.5. The number of sulfonamides is 1. The predicted octanol–water partition coefficient (Wildman–Crippen LogP) is 2.47. The molecule has 0 saturated carbocycles. The fraction of sp³-hybridized carbons (Fsp3) is 0.474. The molecule has 15 heteroatoms. The van der Waals surface area contributed by atoms with Crippen LogP contribution in [0.5, 0.6) is 0 Å². The fourth-order valence-corrected chi connectivity index (χ4v) is 6.35. The minimum absolute atomic E-state index is 0.0563. The lowest BCUT2D eigenvalue weighted by molar-refractivity contribution is 0.0332. The van der Waals surface area contributed by atoms with Gasteiger partial charge in [-0.2, -0.15) is 8.78 Å². The largest absolute Gasteiger partial charge is 0.414 e. The number of hydrogen-bond acceptors (Lipinski definition) is 10. The number of halogens is 3. The number of anilines is 1. The first kappa shape index (κ1) is 23.1. The van der Waals surface area contributed by atoms with Crippen molar-refractivity contribution in [1.82, 2.24) is 25.1 Å². The first-order chi connectivity index (χ1) is 16.3. The van der Waals surface area contributed by atoms with Crippen LogP contribution in [-0.4, -0.2) is 71.1 Å². The zero-order chi connectivity index (χ0) is 23.9. The zero-order valence-corrected chi connectivity index (χ0v) is 19.2. The Kier molecular flexibility index (Phi) is 6.26. The number of alkyl halides is 2. The van der Waals surface area contributed by atoms with Crippen molar-refractivity contribution in [1.29, 1.82) is 0 Å². The van der Waals surface area contributed by atoms with E-state index in [0.717, 1.165) is 34.3 Å². The number of likely N-dealkylation sites (tertiary alicyclic amines) is 1. The van der Waals surface area contributed by atoms with Gasteiger partial charge in [-0.15, -0.1) is 21.5 Å². The molecule has 34 heavy (non-hydrogen) atoms. The second-order valence-corrected chi connectivity index (χ2v) is 11.0. The van der Waals surface area contributed by atoms with Gasteiger partial charge in [-0.1, -0.05) is 0 Å². The molecular formula is C19H19F3N6O4S2. The van der Waals surface area contributed by atoms with E-state index in [-0.39, 0.29) is 36.0 Å². The molecule has 2 saturated heterocycles. The van der Waals surface area contributed by atoms with Gasteiger partial charge in [0.05, 0.1) is 49.3 Å². The third kappa shape index (κ3) is 4.78. The number of fused-ring (bicyclic) bond motifs is 2. The summed E-state index contributed by atoms with van der Waals surface area (Å²) in [6.45, 7) is 1.38. The average Bonchev–Trinajstić information content (AvgIpc) is 3.60. The van der Waals surface area contributed by atoms with E-state index in [1.165, 1.54) is 12.4 Å². The van der Waals surface area contributed by atoms with Crippen LogP contribution in [0.4, 0.5) is 18.9 Å². The van der Waals surface area contributed by atoms with Crippen LogP contribution in [-0.2, 0) is 21.3 Å². The summed E-state index contributed by atoms with van der Waals surface area (Å²) in [6, 6.07) is 1.29. The van der Waals surface area contributed by atoms with Crippen LogP contribution in [0.25, 0.3) is 10.8 Å². The smallest absolute Gasteiger partial charge is 0.314 e. The molecule has 2 bridgehead atoms. The van der Waals surface area contributed by atoms with Crippen molar-refractivity contribution in [2.45, 2.75) is 31.5 Å². The molecule has 182 valence electrons. The lowest BCUT2D eigenvalue weighted by atomic mass is 10.2. The van der Waals surface area contributed by atoms with Crippen LogP contribution in [0.3, 0.4) is 0 Å². The number of thiazole rings is 1. The van der Waals surface area contributed by atoms with E-state index in [2.05, 4.69) is 25.1 Å². The van der Waals surface area contributed by atoms with E-state index >= 15 is 0 Å². The van der Waals surface area contributed by atoms with Gasteiger partial charge in [0.25, 0.3) is 11.8 Å². The molecule has 5 heterocycles. The van der Waals surface area contributed by atoms with Crippen LogP contribution < -0.4 is 4.31 Å². The second kappa shape index (κ2) is 9.20. The third-order valence-corrected chi connectivity index (χ3v) is 8.32. The van der Waals surface area contributed by atoms with Gasteiger partial charge in [0, 0.05) is 25.2 Å². The van der Waals surface area contributed by atoms with Gasteiger partial charge >= 0.3 is 6.43 Å². The Labute approximate surface area is 196 Å². The van der Waals surface area contributed by atoms with Crippen molar-refractivity contribution in [3.63, 3.8) is 0 Å².